The normalized spacial score (nSPS) is 16.5. The Morgan fingerprint density at radius 2 is 0.961 bits per heavy atom. The third-order valence-corrected chi connectivity index (χ3v) is 8.25. The zero-order valence-electron chi connectivity index (χ0n) is 44.1. The van der Waals surface area contributed by atoms with Crippen LogP contribution < -0.4 is 0 Å². The molecule has 0 radical (unpaired) electrons. The lowest BCUT2D eigenvalue weighted by Crippen LogP contribution is -2.00. The highest BCUT2D eigenvalue weighted by molar-refractivity contribution is 6.18. The van der Waals surface area contributed by atoms with Gasteiger partial charge >= 0.3 is 0 Å². The fraction of sp³-hybridized carbons (Fsp3) is 0. The second-order valence-corrected chi connectivity index (χ2v) is 11.4. The van der Waals surface area contributed by atoms with Crippen molar-refractivity contribution in [3.05, 3.63) is 175 Å². The first-order valence-electron chi connectivity index (χ1n) is 24.6. The minimum absolute atomic E-state index is 0.131. The summed E-state index contributed by atoms with van der Waals surface area (Å²) in [4.78, 5) is 14.3. The van der Waals surface area contributed by atoms with Crippen LogP contribution in [0.5, 0.6) is 0 Å². The van der Waals surface area contributed by atoms with Crippen LogP contribution in [0.25, 0.3) is 99.9 Å². The molecule has 4 nitrogen and oxygen atoms in total. The Bertz CT molecular complexity index is 3850. The Morgan fingerprint density at radius 1 is 0.412 bits per heavy atom. The highest BCUT2D eigenvalue weighted by Crippen LogP contribution is 2.43. The molecule has 2 heterocycles. The average Bonchev–Trinajstić information content (AvgIpc) is 3.74. The van der Waals surface area contributed by atoms with Crippen molar-refractivity contribution in [2.45, 2.75) is 0 Å². The second-order valence-electron chi connectivity index (χ2n) is 11.4. The van der Waals surface area contributed by atoms with Crippen LogP contribution >= 0.6 is 0 Å². The fourth-order valence-corrected chi connectivity index (χ4v) is 5.84. The topological polar surface area (TPSA) is 51.8 Å². The minimum Gasteiger partial charge on any atom is -0.455 e. The molecule has 0 aliphatic heterocycles. The van der Waals surface area contributed by atoms with Gasteiger partial charge in [0.1, 0.15) is 11.2 Å². The van der Waals surface area contributed by atoms with Crippen LogP contribution in [0.1, 0.15) is 24.7 Å². The van der Waals surface area contributed by atoms with Crippen LogP contribution in [0.15, 0.2) is 180 Å². The summed E-state index contributed by atoms with van der Waals surface area (Å²) >= 11 is 0. The molecule has 10 aromatic rings. The first-order valence-corrected chi connectivity index (χ1v) is 15.6. The van der Waals surface area contributed by atoms with Crippen molar-refractivity contribution in [3.63, 3.8) is 0 Å². The van der Waals surface area contributed by atoms with E-state index >= 15 is 0 Å². The zero-order valence-corrected chi connectivity index (χ0v) is 26.1. The maximum absolute atomic E-state index is 9.74. The quantitative estimate of drug-likeness (QED) is 0.183. The van der Waals surface area contributed by atoms with E-state index in [1.807, 2.05) is 0 Å². The van der Waals surface area contributed by atoms with E-state index in [1.165, 1.54) is 0 Å². The van der Waals surface area contributed by atoms with Crippen molar-refractivity contribution in [1.82, 2.24) is 15.0 Å². The molecule has 0 saturated heterocycles. The number of aromatic nitrogens is 3. The molecule has 4 heteroatoms. The van der Waals surface area contributed by atoms with Crippen LogP contribution in [0.3, 0.4) is 0 Å². The molecule has 2 aromatic heterocycles. The van der Waals surface area contributed by atoms with E-state index in [-0.39, 0.29) is 60.9 Å². The molecule has 8 aromatic carbocycles. The molecule has 0 atom stereocenters. The Balaban J connectivity index is 1.36. The first kappa shape index (κ1) is 16.2. The van der Waals surface area contributed by atoms with E-state index in [1.54, 1.807) is 60.7 Å². The highest BCUT2D eigenvalue weighted by atomic mass is 16.3. The van der Waals surface area contributed by atoms with E-state index in [0.717, 1.165) is 6.07 Å². The van der Waals surface area contributed by atoms with Crippen molar-refractivity contribution in [3.8, 4) is 56.4 Å². The van der Waals surface area contributed by atoms with Crippen LogP contribution in [0, 0.1) is 0 Å². The molecule has 0 N–H and O–H groups in total. The van der Waals surface area contributed by atoms with Gasteiger partial charge in [-0.3, -0.25) is 0 Å². The van der Waals surface area contributed by atoms with E-state index in [2.05, 4.69) is 0 Å². The Labute approximate surface area is 319 Å². The predicted molar refractivity (Wildman–Crippen MR) is 209 cm³/mol. The first-order chi connectivity index (χ1) is 32.8. The molecule has 10 rings (SSSR count). The number of hydrogen-bond donors (Lipinski definition) is 0. The molecule has 0 aliphatic rings. The summed E-state index contributed by atoms with van der Waals surface area (Å²) in [5, 5.41) is -1.90. The van der Waals surface area contributed by atoms with Crippen LogP contribution in [0.4, 0.5) is 0 Å². The van der Waals surface area contributed by atoms with E-state index in [9.17, 15) is 11.0 Å². The maximum atomic E-state index is 9.74. The number of hydrogen-bond acceptors (Lipinski definition) is 4. The fourth-order valence-electron chi connectivity index (χ4n) is 5.84. The summed E-state index contributed by atoms with van der Waals surface area (Å²) in [6.07, 6.45) is 0. The van der Waals surface area contributed by atoms with E-state index in [4.69, 9.17) is 33.1 Å². The predicted octanol–water partition coefficient (Wildman–Crippen LogP) is 12.4. The monoisotopic (exact) mass is 669 g/mol. The van der Waals surface area contributed by atoms with Gasteiger partial charge in [0, 0.05) is 33.0 Å². The van der Waals surface area contributed by atoms with Crippen LogP contribution in [-0.4, -0.2) is 15.0 Å². The van der Waals surface area contributed by atoms with Crippen molar-refractivity contribution < 1.29 is 29.1 Å². The van der Waals surface area contributed by atoms with Gasteiger partial charge in [-0.05, 0) is 68.4 Å². The molecular weight excluding hydrogens is 623 g/mol. The lowest BCUT2D eigenvalue weighted by Gasteiger charge is -2.11. The molecule has 51 heavy (non-hydrogen) atoms. The summed E-state index contributed by atoms with van der Waals surface area (Å²) in [6, 6.07) is 6.44. The number of fused-ring (bicyclic) bond motifs is 5. The van der Waals surface area contributed by atoms with Gasteiger partial charge in [-0.2, -0.15) is 0 Å². The molecule has 0 bridgehead atoms. The Kier molecular flexibility index (Phi) is 3.78. The molecule has 0 amide bonds. The lowest BCUT2D eigenvalue weighted by molar-refractivity contribution is 0.670. The van der Waals surface area contributed by atoms with Gasteiger partial charge in [0.05, 0.1) is 24.7 Å². The summed E-state index contributed by atoms with van der Waals surface area (Å²) in [5.74, 6) is 0.0392. The van der Waals surface area contributed by atoms with Crippen LogP contribution in [-0.2, 0) is 0 Å². The van der Waals surface area contributed by atoms with Gasteiger partial charge in [0.15, 0.2) is 17.5 Å². The Morgan fingerprint density at radius 3 is 1.63 bits per heavy atom. The van der Waals surface area contributed by atoms with E-state index < -0.39 is 137 Å². The van der Waals surface area contributed by atoms with Gasteiger partial charge < -0.3 is 4.42 Å². The summed E-state index contributed by atoms with van der Waals surface area (Å²) in [7, 11) is 0. The van der Waals surface area contributed by atoms with Gasteiger partial charge in [-0.15, -0.1) is 0 Å². The lowest BCUT2D eigenvalue weighted by atomic mass is 9.95. The van der Waals surface area contributed by atoms with Crippen molar-refractivity contribution >= 4 is 43.5 Å². The highest BCUT2D eigenvalue weighted by Gasteiger charge is 2.21. The van der Waals surface area contributed by atoms with Gasteiger partial charge in [-0.25, -0.2) is 15.0 Å². The van der Waals surface area contributed by atoms with Crippen molar-refractivity contribution in [1.29, 1.82) is 0 Å². The Hall–Kier alpha value is -6.91. The van der Waals surface area contributed by atoms with Crippen LogP contribution in [0.2, 0.25) is 0 Å². The largest absolute Gasteiger partial charge is 0.455 e. The average molecular weight is 670 g/mol. The molecule has 0 aliphatic carbocycles. The van der Waals surface area contributed by atoms with Gasteiger partial charge in [0.25, 0.3) is 0 Å². The number of nitrogens with zero attached hydrogens (tertiary/aromatic N) is 3. The second kappa shape index (κ2) is 11.9. The SMILES string of the molecule is [2H]c1c([2H])c(-c2c([2H])c([2H])c(-c3nc(-c4ccccc4)nc(-c4ccccc4)n3)c3c2oc2c([2H])c4c([2H])c([2H])c([2H])c([2H])c4c([2H])c23)c([2H])c([2H])c1-c1cc([2H])c2c([2H])c([2H])c([2H])c([2H])c2c1[2H]. The standard InChI is InChI=1S/C47H29N3O/c1-3-12-33(13-4-1)45-48-46(34-14-5-2-6-15-34)50-47(49-45)40-26-25-39(44-43(40)41-28-36-17-9-10-18-37(36)29-42(41)51-44)32-22-19-31(20-23-32)38-24-21-30-11-7-8-16-35(30)27-38/h1-29H/i7D,8D,9D,10D,11D,16D,17D,18D,19D,20D,21D,22D,23D,25D,26D,27D,28D,29D. The molecule has 238 valence electrons. The summed E-state index contributed by atoms with van der Waals surface area (Å²) < 4.78 is 168. The molecule has 0 fully saturated rings. The van der Waals surface area contributed by atoms with Gasteiger partial charge in [0.2, 0.25) is 0 Å². The minimum atomic E-state index is -0.825. The van der Waals surface area contributed by atoms with Gasteiger partial charge in [-0.1, -0.05) is 145 Å². The summed E-state index contributed by atoms with van der Waals surface area (Å²) in [5.41, 5.74) is -2.06. The molecule has 0 spiro atoms. The number of furan rings is 1. The third kappa shape index (κ3) is 5.13. The maximum Gasteiger partial charge on any atom is 0.164 e. The smallest absolute Gasteiger partial charge is 0.164 e. The molecule has 0 saturated carbocycles. The third-order valence-electron chi connectivity index (χ3n) is 8.25. The van der Waals surface area contributed by atoms with E-state index in [0.29, 0.717) is 11.1 Å². The zero-order chi connectivity index (χ0) is 49.4. The number of rotatable bonds is 5. The summed E-state index contributed by atoms with van der Waals surface area (Å²) in [6.45, 7) is 0. The van der Waals surface area contributed by atoms with Crippen molar-refractivity contribution in [2.75, 3.05) is 0 Å². The van der Waals surface area contributed by atoms with Crippen molar-refractivity contribution in [2.24, 2.45) is 0 Å². The molecule has 0 unspecified atom stereocenters. The number of benzene rings is 8. The molecular formula is C47H29N3O.